The van der Waals surface area contributed by atoms with Crippen LogP contribution < -0.4 is 0 Å². The average Bonchev–Trinajstić information content (AvgIpc) is 1.36. The second-order valence-electron chi connectivity index (χ2n) is 1.49. The van der Waals surface area contributed by atoms with Crippen molar-refractivity contribution in [2.45, 2.75) is 13.8 Å². The van der Waals surface area contributed by atoms with Gasteiger partial charge in [0, 0.05) is 0 Å². The zero-order chi connectivity index (χ0) is 5.15. The van der Waals surface area contributed by atoms with Crippen LogP contribution in [0.3, 0.4) is 0 Å². The molecule has 3 heteroatoms. The van der Waals surface area contributed by atoms with Crippen LogP contribution in [0.1, 0.15) is 16.7 Å². The van der Waals surface area contributed by atoms with Gasteiger partial charge in [0.15, 0.2) is 0 Å². The van der Waals surface area contributed by atoms with Crippen molar-refractivity contribution in [3.63, 3.8) is 0 Å². The second-order valence-corrected chi connectivity index (χ2v) is 1.49. The fourth-order valence-corrected chi connectivity index (χ4v) is 0. The Morgan fingerprint density at radius 2 is 1.86 bits per heavy atom. The summed E-state index contributed by atoms with van der Waals surface area (Å²) in [4.78, 5) is 9.70. The van der Waals surface area contributed by atoms with Gasteiger partial charge in [0.05, 0.1) is 5.92 Å². The standard InChI is InChI=1S/C4H8O2.Mg.2H/c1-3(2)4(5)6;;;/h3H,1-2H3,(H,5,6);;;/q;+2;2*-1. The fraction of sp³-hybridized carbons (Fsp3) is 0.750. The van der Waals surface area contributed by atoms with Crippen molar-refractivity contribution < 1.29 is 12.8 Å². The average molecular weight is 114 g/mol. The molecule has 0 aromatic heterocycles. The molecule has 0 amide bonds. The Hall–Kier alpha value is 0.236. The molecule has 0 saturated carbocycles. The van der Waals surface area contributed by atoms with E-state index in [1.165, 1.54) is 0 Å². The van der Waals surface area contributed by atoms with Gasteiger partial charge in [-0.1, -0.05) is 13.8 Å². The maximum Gasteiger partial charge on any atom is 2.00 e. The molecule has 0 radical (unpaired) electrons. The minimum Gasteiger partial charge on any atom is -1.00 e. The predicted octanol–water partition coefficient (Wildman–Crippen LogP) is 0.571. The van der Waals surface area contributed by atoms with Crippen molar-refractivity contribution in [1.29, 1.82) is 0 Å². The number of carboxylic acids is 1. The third-order valence-electron chi connectivity index (χ3n) is 0.494. The van der Waals surface area contributed by atoms with E-state index in [2.05, 4.69) is 0 Å². The third-order valence-corrected chi connectivity index (χ3v) is 0.494. The normalized spacial score (nSPS) is 7.86. The number of hydrogen-bond acceptors (Lipinski definition) is 1. The molecule has 0 spiro atoms. The molecule has 0 atom stereocenters. The van der Waals surface area contributed by atoms with E-state index in [0.29, 0.717) is 0 Å². The minimum atomic E-state index is -0.741. The molecule has 0 unspecified atom stereocenters. The van der Waals surface area contributed by atoms with Crippen LogP contribution in [0.4, 0.5) is 0 Å². The molecule has 0 rings (SSSR count). The summed E-state index contributed by atoms with van der Waals surface area (Å²) in [6.07, 6.45) is 0. The molecule has 0 aliphatic rings. The van der Waals surface area contributed by atoms with E-state index >= 15 is 0 Å². The van der Waals surface area contributed by atoms with Crippen LogP contribution in [0.25, 0.3) is 0 Å². The number of carbonyl (C=O) groups is 1. The van der Waals surface area contributed by atoms with Crippen LogP contribution in [0.15, 0.2) is 0 Å². The molecule has 0 aromatic rings. The van der Waals surface area contributed by atoms with Gasteiger partial charge in [-0.05, 0) is 0 Å². The van der Waals surface area contributed by atoms with E-state index in [1.807, 2.05) is 0 Å². The van der Waals surface area contributed by atoms with Crippen LogP contribution in [-0.2, 0) is 4.79 Å². The van der Waals surface area contributed by atoms with Gasteiger partial charge >= 0.3 is 29.0 Å². The first kappa shape index (κ1) is 10.3. The Balaban J connectivity index is -0.0000000417. The summed E-state index contributed by atoms with van der Waals surface area (Å²) in [5, 5.41) is 7.99. The van der Waals surface area contributed by atoms with E-state index in [-0.39, 0.29) is 31.8 Å². The Bertz CT molecular complexity index is 67.6. The summed E-state index contributed by atoms with van der Waals surface area (Å²) in [7, 11) is 0. The summed E-state index contributed by atoms with van der Waals surface area (Å²) < 4.78 is 0. The SMILES string of the molecule is CC(C)C(=O)O.[H-].[H-].[Mg+2]. The Kier molecular flexibility index (Phi) is 6.45. The van der Waals surface area contributed by atoms with Gasteiger partial charge in [-0.3, -0.25) is 4.79 Å². The van der Waals surface area contributed by atoms with Crippen LogP contribution in [0.5, 0.6) is 0 Å². The van der Waals surface area contributed by atoms with E-state index in [1.54, 1.807) is 13.8 Å². The van der Waals surface area contributed by atoms with Gasteiger partial charge in [0.2, 0.25) is 0 Å². The number of rotatable bonds is 1. The third kappa shape index (κ3) is 6.24. The van der Waals surface area contributed by atoms with Crippen molar-refractivity contribution >= 4 is 29.0 Å². The van der Waals surface area contributed by atoms with Gasteiger partial charge in [0.1, 0.15) is 0 Å². The van der Waals surface area contributed by atoms with Gasteiger partial charge in [-0.25, -0.2) is 0 Å². The fourth-order valence-electron chi connectivity index (χ4n) is 0. The number of aliphatic carboxylic acids is 1. The van der Waals surface area contributed by atoms with Gasteiger partial charge in [-0.15, -0.1) is 0 Å². The van der Waals surface area contributed by atoms with E-state index < -0.39 is 5.97 Å². The summed E-state index contributed by atoms with van der Waals surface area (Å²) in [6, 6.07) is 0. The van der Waals surface area contributed by atoms with Gasteiger partial charge in [0.25, 0.3) is 0 Å². The summed E-state index contributed by atoms with van der Waals surface area (Å²) in [5.41, 5.74) is 0. The Morgan fingerprint density at radius 1 is 1.71 bits per heavy atom. The van der Waals surface area contributed by atoms with Crippen molar-refractivity contribution in [3.05, 3.63) is 0 Å². The molecule has 0 aliphatic carbocycles. The monoisotopic (exact) mass is 114 g/mol. The summed E-state index contributed by atoms with van der Waals surface area (Å²) in [5.74, 6) is -0.972. The predicted molar refractivity (Wildman–Crippen MR) is 30.5 cm³/mol. The van der Waals surface area contributed by atoms with Crippen molar-refractivity contribution in [2.75, 3.05) is 0 Å². The largest absolute Gasteiger partial charge is 2.00 e. The quantitative estimate of drug-likeness (QED) is 0.506. The zero-order valence-corrected chi connectivity index (χ0v) is 6.05. The van der Waals surface area contributed by atoms with Crippen LogP contribution >= 0.6 is 0 Å². The molecule has 1 N–H and O–H groups in total. The molecule has 0 heterocycles. The molecule has 0 fully saturated rings. The molecular weight excluding hydrogens is 104 g/mol. The van der Waals surface area contributed by atoms with E-state index in [9.17, 15) is 4.79 Å². The molecule has 0 aliphatic heterocycles. The zero-order valence-electron chi connectivity index (χ0n) is 6.64. The summed E-state index contributed by atoms with van der Waals surface area (Å²) in [6.45, 7) is 3.28. The molecule has 0 saturated heterocycles. The van der Waals surface area contributed by atoms with Crippen LogP contribution in [-0.4, -0.2) is 34.1 Å². The van der Waals surface area contributed by atoms with Gasteiger partial charge in [-0.2, -0.15) is 0 Å². The maximum atomic E-state index is 9.70. The molecule has 2 nitrogen and oxygen atoms in total. The minimum absolute atomic E-state index is 0. The Morgan fingerprint density at radius 3 is 1.86 bits per heavy atom. The Labute approximate surface area is 62.0 Å². The number of hydrogen-bond donors (Lipinski definition) is 1. The topological polar surface area (TPSA) is 37.3 Å². The van der Waals surface area contributed by atoms with Crippen molar-refractivity contribution in [1.82, 2.24) is 0 Å². The van der Waals surface area contributed by atoms with E-state index in [4.69, 9.17) is 5.11 Å². The van der Waals surface area contributed by atoms with Crippen LogP contribution in [0, 0.1) is 5.92 Å². The smallest absolute Gasteiger partial charge is 1.00 e. The molecule has 0 aromatic carbocycles. The van der Waals surface area contributed by atoms with Crippen molar-refractivity contribution in [2.24, 2.45) is 5.92 Å². The summed E-state index contributed by atoms with van der Waals surface area (Å²) >= 11 is 0. The number of carboxylic acid groups (broad SMARTS) is 1. The first-order chi connectivity index (χ1) is 2.64. The second kappa shape index (κ2) is 4.40. The maximum absolute atomic E-state index is 9.70. The molecule has 7 heavy (non-hydrogen) atoms. The molecular formula is C4H10MgO2. The van der Waals surface area contributed by atoms with Crippen LogP contribution in [0.2, 0.25) is 0 Å². The first-order valence-corrected chi connectivity index (χ1v) is 1.87. The molecule has 40 valence electrons. The van der Waals surface area contributed by atoms with Gasteiger partial charge < -0.3 is 7.96 Å². The van der Waals surface area contributed by atoms with E-state index in [0.717, 1.165) is 0 Å². The first-order valence-electron chi connectivity index (χ1n) is 1.87. The van der Waals surface area contributed by atoms with Crippen molar-refractivity contribution in [3.8, 4) is 0 Å². The molecule has 0 bridgehead atoms.